The molecule has 0 saturated heterocycles. The quantitative estimate of drug-likeness (QED) is 0.509. The number of benzene rings is 2. The van der Waals surface area contributed by atoms with Crippen molar-refractivity contribution >= 4 is 11.8 Å². The molecule has 0 bridgehead atoms. The molecule has 2 heterocycles. The van der Waals surface area contributed by atoms with Crippen LogP contribution in [-0.4, -0.2) is 30.3 Å². The van der Waals surface area contributed by atoms with Gasteiger partial charge in [-0.3, -0.25) is 0 Å². The second kappa shape index (κ2) is 6.81. The summed E-state index contributed by atoms with van der Waals surface area (Å²) >= 11 is 1.38. The van der Waals surface area contributed by atoms with Crippen molar-refractivity contribution in [2.45, 2.75) is 10.9 Å². The minimum Gasteiger partial charge on any atom is -0.338 e. The number of hydrogen-bond donors (Lipinski definition) is 0. The van der Waals surface area contributed by atoms with Gasteiger partial charge in [-0.2, -0.15) is 9.67 Å². The maximum atomic E-state index is 13.0. The lowest BCUT2D eigenvalue weighted by molar-refractivity contribution is 0.391. The molecule has 2 aromatic carbocycles. The highest BCUT2D eigenvalue weighted by molar-refractivity contribution is 7.98. The molecule has 9 heteroatoms. The van der Waals surface area contributed by atoms with E-state index in [-0.39, 0.29) is 5.82 Å². The van der Waals surface area contributed by atoms with E-state index in [2.05, 4.69) is 25.7 Å². The molecule has 4 rings (SSSR count). The third-order valence-electron chi connectivity index (χ3n) is 3.34. The van der Waals surface area contributed by atoms with Gasteiger partial charge in [-0.1, -0.05) is 35.1 Å². The minimum atomic E-state index is -0.309. The Morgan fingerprint density at radius 1 is 1.04 bits per heavy atom. The summed E-state index contributed by atoms with van der Waals surface area (Å²) in [5.74, 6) is 0.961. The number of rotatable bonds is 5. The fourth-order valence-electron chi connectivity index (χ4n) is 2.16. The van der Waals surface area contributed by atoms with Crippen molar-refractivity contribution in [3.05, 3.63) is 66.3 Å². The van der Waals surface area contributed by atoms with E-state index in [9.17, 15) is 4.39 Å². The van der Waals surface area contributed by atoms with Crippen molar-refractivity contribution in [2.24, 2.45) is 0 Å². The van der Waals surface area contributed by atoms with Gasteiger partial charge in [0, 0.05) is 5.56 Å². The van der Waals surface area contributed by atoms with E-state index >= 15 is 0 Å². The first-order valence-corrected chi connectivity index (χ1v) is 8.33. The molecule has 0 aliphatic heterocycles. The maximum Gasteiger partial charge on any atom is 0.237 e. The fourth-order valence-corrected chi connectivity index (χ4v) is 2.88. The van der Waals surface area contributed by atoms with Gasteiger partial charge in [0.15, 0.2) is 0 Å². The van der Waals surface area contributed by atoms with E-state index in [0.29, 0.717) is 28.2 Å². The van der Waals surface area contributed by atoms with Crippen molar-refractivity contribution < 1.29 is 8.91 Å². The van der Waals surface area contributed by atoms with Crippen molar-refractivity contribution in [3.63, 3.8) is 0 Å². The highest BCUT2D eigenvalue weighted by atomic mass is 32.2. The number of halogens is 1. The monoisotopic (exact) mass is 354 g/mol. The van der Waals surface area contributed by atoms with E-state index < -0.39 is 0 Å². The maximum absolute atomic E-state index is 13.0. The predicted molar refractivity (Wildman–Crippen MR) is 88.4 cm³/mol. The van der Waals surface area contributed by atoms with E-state index in [1.807, 2.05) is 30.3 Å². The van der Waals surface area contributed by atoms with Crippen LogP contribution >= 0.6 is 11.8 Å². The predicted octanol–water partition coefficient (Wildman–Crippen LogP) is 3.14. The molecule has 0 spiro atoms. The van der Waals surface area contributed by atoms with Crippen molar-refractivity contribution in [3.8, 4) is 17.1 Å². The first kappa shape index (κ1) is 15.5. The molecule has 0 unspecified atom stereocenters. The molecule has 25 heavy (non-hydrogen) atoms. The van der Waals surface area contributed by atoms with Crippen LogP contribution in [-0.2, 0) is 5.75 Å². The molecule has 124 valence electrons. The van der Waals surface area contributed by atoms with Gasteiger partial charge in [-0.05, 0) is 46.8 Å². The molecule has 0 fully saturated rings. The summed E-state index contributed by atoms with van der Waals surface area (Å²) in [4.78, 5) is 4.31. The number of tetrazole rings is 1. The average Bonchev–Trinajstić information content (AvgIpc) is 3.31. The Hall–Kier alpha value is -3.07. The van der Waals surface area contributed by atoms with Gasteiger partial charge in [-0.15, -0.1) is 5.10 Å². The van der Waals surface area contributed by atoms with Crippen LogP contribution in [0.15, 0.2) is 64.3 Å². The molecule has 0 aliphatic carbocycles. The summed E-state index contributed by atoms with van der Waals surface area (Å²) in [6.07, 6.45) is 0. The largest absolute Gasteiger partial charge is 0.338 e. The van der Waals surface area contributed by atoms with Gasteiger partial charge < -0.3 is 4.52 Å². The molecule has 0 aliphatic rings. The first-order valence-electron chi connectivity index (χ1n) is 7.35. The molecule has 4 aromatic rings. The van der Waals surface area contributed by atoms with Crippen LogP contribution in [0.3, 0.4) is 0 Å². The van der Waals surface area contributed by atoms with Crippen LogP contribution in [0.2, 0.25) is 0 Å². The number of thioether (sulfide) groups is 1. The zero-order valence-corrected chi connectivity index (χ0v) is 13.6. The number of aromatic nitrogens is 6. The third-order valence-corrected chi connectivity index (χ3v) is 4.24. The lowest BCUT2D eigenvalue weighted by Gasteiger charge is -2.02. The summed E-state index contributed by atoms with van der Waals surface area (Å²) in [5.41, 5.74) is 1.56. The highest BCUT2D eigenvalue weighted by Gasteiger charge is 2.13. The van der Waals surface area contributed by atoms with Gasteiger partial charge in [0.2, 0.25) is 16.9 Å². The molecule has 2 aromatic heterocycles. The van der Waals surface area contributed by atoms with Crippen LogP contribution in [0.25, 0.3) is 17.1 Å². The van der Waals surface area contributed by atoms with Gasteiger partial charge in [0.25, 0.3) is 0 Å². The lowest BCUT2D eigenvalue weighted by atomic mass is 10.2. The smallest absolute Gasteiger partial charge is 0.237 e. The van der Waals surface area contributed by atoms with Crippen molar-refractivity contribution in [2.75, 3.05) is 0 Å². The molecule has 0 saturated carbocycles. The highest BCUT2D eigenvalue weighted by Crippen LogP contribution is 2.23. The van der Waals surface area contributed by atoms with Crippen LogP contribution < -0.4 is 0 Å². The summed E-state index contributed by atoms with van der Waals surface area (Å²) in [5, 5.41) is 16.3. The SMILES string of the molecule is Fc1ccc(-c2noc(CSc3nnnn3-c3ccccc3)n2)cc1. The van der Waals surface area contributed by atoms with Crippen molar-refractivity contribution in [1.82, 2.24) is 30.3 Å². The summed E-state index contributed by atoms with van der Waals surface area (Å²) in [6, 6.07) is 15.5. The van der Waals surface area contributed by atoms with Crippen LogP contribution in [0.1, 0.15) is 5.89 Å². The van der Waals surface area contributed by atoms with Gasteiger partial charge >= 0.3 is 0 Å². The molecular weight excluding hydrogens is 343 g/mol. The van der Waals surface area contributed by atoms with E-state index in [0.717, 1.165) is 5.69 Å². The van der Waals surface area contributed by atoms with Crippen LogP contribution in [0.5, 0.6) is 0 Å². The summed E-state index contributed by atoms with van der Waals surface area (Å²) in [6.45, 7) is 0. The van der Waals surface area contributed by atoms with E-state index in [1.165, 1.54) is 23.9 Å². The molecule has 0 N–H and O–H groups in total. The molecule has 0 amide bonds. The second-order valence-electron chi connectivity index (χ2n) is 5.02. The molecule has 0 radical (unpaired) electrons. The number of para-hydroxylation sites is 1. The standard InChI is InChI=1S/C16H11FN6OS/c17-12-8-6-11(7-9-12)15-18-14(24-20-15)10-25-16-19-21-22-23(16)13-4-2-1-3-5-13/h1-9H,10H2. The van der Waals surface area contributed by atoms with Gasteiger partial charge in [0.05, 0.1) is 11.4 Å². The molecule has 0 atom stereocenters. The van der Waals surface area contributed by atoms with Crippen molar-refractivity contribution in [1.29, 1.82) is 0 Å². The second-order valence-corrected chi connectivity index (χ2v) is 5.96. The number of nitrogens with zero attached hydrogens (tertiary/aromatic N) is 6. The van der Waals surface area contributed by atoms with E-state index in [1.54, 1.807) is 16.8 Å². The Morgan fingerprint density at radius 3 is 2.64 bits per heavy atom. The summed E-state index contributed by atoms with van der Waals surface area (Å²) < 4.78 is 19.9. The Labute approximate surface area is 145 Å². The molecule has 7 nitrogen and oxygen atoms in total. The Morgan fingerprint density at radius 2 is 1.84 bits per heavy atom. The summed E-state index contributed by atoms with van der Waals surface area (Å²) in [7, 11) is 0. The zero-order chi connectivity index (χ0) is 17.1. The zero-order valence-electron chi connectivity index (χ0n) is 12.8. The van der Waals surface area contributed by atoms with Gasteiger partial charge in [-0.25, -0.2) is 4.39 Å². The Bertz CT molecular complexity index is 970. The van der Waals surface area contributed by atoms with Crippen LogP contribution in [0.4, 0.5) is 4.39 Å². The topological polar surface area (TPSA) is 82.5 Å². The first-order chi connectivity index (χ1) is 12.3. The lowest BCUT2D eigenvalue weighted by Crippen LogP contribution is -1.98. The normalized spacial score (nSPS) is 10.9. The average molecular weight is 354 g/mol. The van der Waals surface area contributed by atoms with Crippen LogP contribution in [0, 0.1) is 5.82 Å². The Kier molecular flexibility index (Phi) is 4.21. The van der Waals surface area contributed by atoms with E-state index in [4.69, 9.17) is 4.52 Å². The molecular formula is C16H11FN6OS. The number of hydrogen-bond acceptors (Lipinski definition) is 7. The Balaban J connectivity index is 1.48. The minimum absolute atomic E-state index is 0.309. The van der Waals surface area contributed by atoms with Gasteiger partial charge in [0.1, 0.15) is 5.82 Å². The fraction of sp³-hybridized carbons (Fsp3) is 0.0625. The third kappa shape index (κ3) is 3.41.